The van der Waals surface area contributed by atoms with E-state index in [1.807, 2.05) is 17.5 Å². The third-order valence-corrected chi connectivity index (χ3v) is 4.92. The van der Waals surface area contributed by atoms with Crippen LogP contribution in [0.2, 0.25) is 0 Å². The number of hydrogen-bond acceptors (Lipinski definition) is 4. The lowest BCUT2D eigenvalue weighted by Gasteiger charge is -2.29. The van der Waals surface area contributed by atoms with Crippen LogP contribution in [0.15, 0.2) is 6.20 Å². The highest BCUT2D eigenvalue weighted by atomic mass is 32.1. The molecule has 3 nitrogen and oxygen atoms in total. The summed E-state index contributed by atoms with van der Waals surface area (Å²) in [6.45, 7) is 11.3. The summed E-state index contributed by atoms with van der Waals surface area (Å²) in [5.74, 6) is 0.847. The molecule has 0 saturated carbocycles. The van der Waals surface area contributed by atoms with Crippen LogP contribution in [0, 0.1) is 5.92 Å². The molecule has 0 aromatic carbocycles. The highest BCUT2D eigenvalue weighted by Crippen LogP contribution is 2.20. The van der Waals surface area contributed by atoms with Crippen molar-refractivity contribution >= 4 is 11.3 Å². The van der Waals surface area contributed by atoms with Gasteiger partial charge in [0.1, 0.15) is 5.01 Å². The summed E-state index contributed by atoms with van der Waals surface area (Å²) in [7, 11) is 0. The summed E-state index contributed by atoms with van der Waals surface area (Å²) in [5.41, 5.74) is 0. The van der Waals surface area contributed by atoms with Crippen molar-refractivity contribution in [1.29, 1.82) is 0 Å². The third kappa shape index (κ3) is 4.86. The van der Waals surface area contributed by atoms with Gasteiger partial charge in [0, 0.05) is 30.2 Å². The van der Waals surface area contributed by atoms with E-state index in [4.69, 9.17) is 0 Å². The smallest absolute Gasteiger partial charge is 0.107 e. The first kappa shape index (κ1) is 14.9. The molecule has 108 valence electrons. The van der Waals surface area contributed by atoms with Gasteiger partial charge in [0.25, 0.3) is 0 Å². The lowest BCUT2D eigenvalue weighted by molar-refractivity contribution is 0.176. The maximum atomic E-state index is 4.58. The van der Waals surface area contributed by atoms with Crippen molar-refractivity contribution in [3.63, 3.8) is 0 Å². The van der Waals surface area contributed by atoms with Crippen molar-refractivity contribution in [3.05, 3.63) is 16.1 Å². The zero-order chi connectivity index (χ0) is 13.7. The normalized spacial score (nSPS) is 22.6. The average molecular weight is 281 g/mol. The highest BCUT2D eigenvalue weighted by molar-refractivity contribution is 7.11. The van der Waals surface area contributed by atoms with E-state index in [1.54, 1.807) is 0 Å². The summed E-state index contributed by atoms with van der Waals surface area (Å²) in [6, 6.07) is 0.591. The number of hydrogen-bond donors (Lipinski definition) is 1. The minimum atomic E-state index is 0.591. The Kier molecular flexibility index (Phi) is 5.79. The molecule has 1 aliphatic heterocycles. The van der Waals surface area contributed by atoms with Gasteiger partial charge in [0.2, 0.25) is 0 Å². The number of rotatable bonds is 6. The molecule has 1 aromatic heterocycles. The van der Waals surface area contributed by atoms with Gasteiger partial charge in [-0.2, -0.15) is 0 Å². The zero-order valence-electron chi connectivity index (χ0n) is 12.5. The summed E-state index contributed by atoms with van der Waals surface area (Å²) in [6.07, 6.45) is 5.95. The van der Waals surface area contributed by atoms with Gasteiger partial charge < -0.3 is 5.32 Å². The Bertz CT molecular complexity index is 377. The predicted octanol–water partition coefficient (Wildman–Crippen LogP) is 3.26. The van der Waals surface area contributed by atoms with Crippen LogP contribution in [0.25, 0.3) is 0 Å². The van der Waals surface area contributed by atoms with Gasteiger partial charge in [-0.15, -0.1) is 11.3 Å². The number of piperidine rings is 1. The molecule has 1 aromatic rings. The van der Waals surface area contributed by atoms with Crippen LogP contribution in [-0.4, -0.2) is 29.0 Å². The molecule has 0 aliphatic carbocycles. The molecule has 1 aliphatic rings. The largest absolute Gasteiger partial charge is 0.309 e. The second-order valence-electron chi connectivity index (χ2n) is 5.89. The molecule has 1 saturated heterocycles. The van der Waals surface area contributed by atoms with Gasteiger partial charge in [-0.1, -0.05) is 13.8 Å². The van der Waals surface area contributed by atoms with Crippen molar-refractivity contribution in [2.75, 3.05) is 13.1 Å². The standard InChI is InChI=1S/C15H27N3S/c1-4-13(3)16-8-14-9-17-15(19-14)11-18-7-5-6-12(2)10-18/h9,12-13,16H,4-8,10-11H2,1-3H3. The minimum Gasteiger partial charge on any atom is -0.309 e. The SMILES string of the molecule is CCC(C)NCc1cnc(CN2CCCC(C)C2)s1. The molecular formula is C15H27N3S. The molecule has 1 N–H and O–H groups in total. The second kappa shape index (κ2) is 7.36. The van der Waals surface area contributed by atoms with Crippen LogP contribution in [-0.2, 0) is 13.1 Å². The first-order chi connectivity index (χ1) is 9.17. The van der Waals surface area contributed by atoms with Crippen LogP contribution in [0.3, 0.4) is 0 Å². The van der Waals surface area contributed by atoms with Crippen molar-refractivity contribution in [1.82, 2.24) is 15.2 Å². The van der Waals surface area contributed by atoms with E-state index in [2.05, 4.69) is 36.0 Å². The number of nitrogens with one attached hydrogen (secondary N) is 1. The molecule has 1 fully saturated rings. The highest BCUT2D eigenvalue weighted by Gasteiger charge is 2.17. The van der Waals surface area contributed by atoms with Crippen molar-refractivity contribution < 1.29 is 0 Å². The quantitative estimate of drug-likeness (QED) is 0.867. The molecule has 2 heterocycles. The lowest BCUT2D eigenvalue weighted by Crippen LogP contribution is -2.33. The fourth-order valence-electron chi connectivity index (χ4n) is 2.54. The number of likely N-dealkylation sites (tertiary alicyclic amines) is 1. The van der Waals surface area contributed by atoms with E-state index in [1.165, 1.54) is 42.2 Å². The summed E-state index contributed by atoms with van der Waals surface area (Å²) < 4.78 is 0. The summed E-state index contributed by atoms with van der Waals surface area (Å²) in [5, 5.41) is 4.80. The molecule has 2 unspecified atom stereocenters. The number of aromatic nitrogens is 1. The fraction of sp³-hybridized carbons (Fsp3) is 0.800. The monoisotopic (exact) mass is 281 g/mol. The Morgan fingerprint density at radius 1 is 1.58 bits per heavy atom. The van der Waals surface area contributed by atoms with E-state index in [0.29, 0.717) is 6.04 Å². The molecule has 0 amide bonds. The van der Waals surface area contributed by atoms with Crippen molar-refractivity contribution in [2.24, 2.45) is 5.92 Å². The van der Waals surface area contributed by atoms with Crippen LogP contribution >= 0.6 is 11.3 Å². The van der Waals surface area contributed by atoms with Crippen LogP contribution in [0.5, 0.6) is 0 Å². The maximum absolute atomic E-state index is 4.58. The van der Waals surface area contributed by atoms with E-state index < -0.39 is 0 Å². The molecule has 0 spiro atoms. The summed E-state index contributed by atoms with van der Waals surface area (Å²) >= 11 is 1.86. The van der Waals surface area contributed by atoms with Gasteiger partial charge in [-0.05, 0) is 38.6 Å². The molecule has 19 heavy (non-hydrogen) atoms. The van der Waals surface area contributed by atoms with Gasteiger partial charge in [-0.25, -0.2) is 4.98 Å². The molecule has 0 radical (unpaired) electrons. The Labute approximate surface area is 121 Å². The van der Waals surface area contributed by atoms with Gasteiger partial charge >= 0.3 is 0 Å². The van der Waals surface area contributed by atoms with E-state index in [9.17, 15) is 0 Å². The van der Waals surface area contributed by atoms with E-state index >= 15 is 0 Å². The van der Waals surface area contributed by atoms with Gasteiger partial charge in [-0.3, -0.25) is 4.90 Å². The van der Waals surface area contributed by atoms with Gasteiger partial charge in [0.05, 0.1) is 6.54 Å². The first-order valence-electron chi connectivity index (χ1n) is 7.56. The number of nitrogens with zero attached hydrogens (tertiary/aromatic N) is 2. The minimum absolute atomic E-state index is 0.591. The fourth-order valence-corrected chi connectivity index (χ4v) is 3.46. The third-order valence-electron chi connectivity index (χ3n) is 3.94. The summed E-state index contributed by atoms with van der Waals surface area (Å²) in [4.78, 5) is 8.49. The first-order valence-corrected chi connectivity index (χ1v) is 8.38. The molecular weight excluding hydrogens is 254 g/mol. The van der Waals surface area contributed by atoms with E-state index in [-0.39, 0.29) is 0 Å². The van der Waals surface area contributed by atoms with Crippen molar-refractivity contribution in [3.8, 4) is 0 Å². The van der Waals surface area contributed by atoms with Crippen molar-refractivity contribution in [2.45, 2.75) is 59.2 Å². The topological polar surface area (TPSA) is 28.2 Å². The predicted molar refractivity (Wildman–Crippen MR) is 82.4 cm³/mol. The van der Waals surface area contributed by atoms with Crippen LogP contribution < -0.4 is 5.32 Å². The Balaban J connectivity index is 1.80. The van der Waals surface area contributed by atoms with E-state index in [0.717, 1.165) is 19.0 Å². The van der Waals surface area contributed by atoms with Crippen LogP contribution in [0.1, 0.15) is 49.9 Å². The van der Waals surface area contributed by atoms with Crippen LogP contribution in [0.4, 0.5) is 0 Å². The number of thiazole rings is 1. The second-order valence-corrected chi connectivity index (χ2v) is 7.09. The average Bonchev–Trinajstić information content (AvgIpc) is 2.83. The molecule has 4 heteroatoms. The Morgan fingerprint density at radius 3 is 3.16 bits per heavy atom. The Hall–Kier alpha value is -0.450. The lowest BCUT2D eigenvalue weighted by atomic mass is 10.0. The zero-order valence-corrected chi connectivity index (χ0v) is 13.3. The van der Waals surface area contributed by atoms with Gasteiger partial charge in [0.15, 0.2) is 0 Å². The molecule has 0 bridgehead atoms. The Morgan fingerprint density at radius 2 is 2.42 bits per heavy atom. The maximum Gasteiger partial charge on any atom is 0.107 e. The molecule has 2 rings (SSSR count). The molecule has 2 atom stereocenters.